The number of halogens is 5. The second-order valence-corrected chi connectivity index (χ2v) is 14.6. The summed E-state index contributed by atoms with van der Waals surface area (Å²) in [4.78, 5) is 2.26. The Balaban J connectivity index is 1.40. The molecule has 8 rings (SSSR count). The zero-order valence-corrected chi connectivity index (χ0v) is 29.4. The molecule has 2 atom stereocenters. The fourth-order valence-electron chi connectivity index (χ4n) is 8.22. The first-order valence-corrected chi connectivity index (χ1v) is 17.9. The van der Waals surface area contributed by atoms with Crippen LogP contribution in [0.15, 0.2) is 95.5 Å². The minimum absolute atomic E-state index is 0.388. The summed E-state index contributed by atoms with van der Waals surface area (Å²) in [5.74, 6) is 0.00369. The van der Waals surface area contributed by atoms with Gasteiger partial charge in [0, 0.05) is 50.7 Å². The molecular formula is C42H36BrF4NO2. The number of rotatable bonds is 6. The van der Waals surface area contributed by atoms with Crippen LogP contribution in [0.3, 0.4) is 0 Å². The van der Waals surface area contributed by atoms with Crippen molar-refractivity contribution in [2.75, 3.05) is 31.2 Å². The Kier molecular flexibility index (Phi) is 8.11. The van der Waals surface area contributed by atoms with E-state index in [0.29, 0.717) is 35.3 Å². The zero-order chi connectivity index (χ0) is 34.8. The summed E-state index contributed by atoms with van der Waals surface area (Å²) in [7, 11) is 0. The number of benzene rings is 5. The Morgan fingerprint density at radius 3 is 2.24 bits per heavy atom. The highest BCUT2D eigenvalue weighted by molar-refractivity contribution is 9.10. The third-order valence-corrected chi connectivity index (χ3v) is 11.2. The van der Waals surface area contributed by atoms with Crippen LogP contribution in [0.25, 0.3) is 28.0 Å². The first-order valence-electron chi connectivity index (χ1n) is 17.1. The highest BCUT2D eigenvalue weighted by Crippen LogP contribution is 2.60. The standard InChI is InChI=1S/C42H36BrF4NO2/c1-3-4-18-40(2)36-16-10-29(43)25-35(36)37-32-15-9-28(42(45,46)47)24-34(32)39-33(38(37)40)17-19-41(50-39,26-5-11-30(44)12-6-26)27-7-13-31(14-8-27)48-20-22-49-23-21-48/h5-17,19,24-25H,3-4,18,20-23H2,1-2H3. The smallest absolute Gasteiger partial charge is 0.416 e. The van der Waals surface area contributed by atoms with Crippen LogP contribution < -0.4 is 9.64 Å². The summed E-state index contributed by atoms with van der Waals surface area (Å²) in [5, 5.41) is 1.09. The van der Waals surface area contributed by atoms with Gasteiger partial charge in [0.2, 0.25) is 0 Å². The largest absolute Gasteiger partial charge is 0.472 e. The molecule has 5 aromatic carbocycles. The van der Waals surface area contributed by atoms with E-state index in [9.17, 15) is 17.6 Å². The molecule has 0 N–H and O–H groups in total. The SMILES string of the molecule is CCCCC1(C)c2ccc(Br)cc2-c2c1c1c(c3cc(C(F)(F)F)ccc23)OC(c2ccc(F)cc2)(c2ccc(N3CCOCC3)cc2)C=C1. The molecule has 0 bridgehead atoms. The number of alkyl halides is 3. The average molecular weight is 743 g/mol. The van der Waals surface area contributed by atoms with Gasteiger partial charge in [-0.1, -0.05) is 85.1 Å². The van der Waals surface area contributed by atoms with Gasteiger partial charge >= 0.3 is 6.18 Å². The Morgan fingerprint density at radius 2 is 1.56 bits per heavy atom. The van der Waals surface area contributed by atoms with E-state index in [-0.39, 0.29) is 5.82 Å². The lowest BCUT2D eigenvalue weighted by molar-refractivity contribution is -0.137. The number of anilines is 1. The van der Waals surface area contributed by atoms with Crippen molar-refractivity contribution in [3.63, 3.8) is 0 Å². The van der Waals surface area contributed by atoms with Gasteiger partial charge in [0.1, 0.15) is 11.6 Å². The van der Waals surface area contributed by atoms with E-state index in [1.54, 1.807) is 18.2 Å². The molecule has 5 aromatic rings. The fourth-order valence-corrected chi connectivity index (χ4v) is 8.58. The molecule has 0 radical (unpaired) electrons. The van der Waals surface area contributed by atoms with Crippen molar-refractivity contribution in [2.45, 2.75) is 50.3 Å². The second-order valence-electron chi connectivity index (χ2n) is 13.7. The number of ether oxygens (including phenoxy) is 2. The monoisotopic (exact) mass is 741 g/mol. The fraction of sp³-hybridized carbons (Fsp3) is 0.286. The highest BCUT2D eigenvalue weighted by atomic mass is 79.9. The topological polar surface area (TPSA) is 21.7 Å². The molecule has 1 aliphatic carbocycles. The Labute approximate surface area is 297 Å². The predicted octanol–water partition coefficient (Wildman–Crippen LogP) is 11.4. The van der Waals surface area contributed by atoms with Crippen LogP contribution in [0, 0.1) is 5.82 Å². The van der Waals surface area contributed by atoms with Gasteiger partial charge in [0.05, 0.1) is 18.8 Å². The maximum absolute atomic E-state index is 14.4. The lowest BCUT2D eigenvalue weighted by Crippen LogP contribution is -2.37. The summed E-state index contributed by atoms with van der Waals surface area (Å²) in [6, 6.07) is 24.5. The van der Waals surface area contributed by atoms with Crippen molar-refractivity contribution in [2.24, 2.45) is 0 Å². The molecule has 1 saturated heterocycles. The molecule has 0 aromatic heterocycles. The van der Waals surface area contributed by atoms with Crippen molar-refractivity contribution in [1.29, 1.82) is 0 Å². The molecule has 0 spiro atoms. The highest BCUT2D eigenvalue weighted by Gasteiger charge is 2.46. The third kappa shape index (κ3) is 5.25. The van der Waals surface area contributed by atoms with Crippen LogP contribution >= 0.6 is 15.9 Å². The Bertz CT molecular complexity index is 2140. The maximum atomic E-state index is 14.4. The molecule has 3 nitrogen and oxygen atoms in total. The van der Waals surface area contributed by atoms with Gasteiger partial charge < -0.3 is 14.4 Å². The molecule has 8 heteroatoms. The van der Waals surface area contributed by atoms with Crippen LogP contribution in [0.4, 0.5) is 23.2 Å². The normalized spacial score (nSPS) is 21.1. The van der Waals surface area contributed by atoms with Gasteiger partial charge in [0.15, 0.2) is 5.60 Å². The van der Waals surface area contributed by atoms with Crippen LogP contribution in [-0.4, -0.2) is 26.3 Å². The van der Waals surface area contributed by atoms with E-state index < -0.39 is 22.8 Å². The van der Waals surface area contributed by atoms with Crippen LogP contribution in [-0.2, 0) is 21.9 Å². The van der Waals surface area contributed by atoms with Crippen molar-refractivity contribution in [3.8, 4) is 16.9 Å². The molecule has 50 heavy (non-hydrogen) atoms. The van der Waals surface area contributed by atoms with Gasteiger partial charge in [-0.3, -0.25) is 0 Å². The van der Waals surface area contributed by atoms with Crippen molar-refractivity contribution < 1.29 is 27.0 Å². The summed E-state index contributed by atoms with van der Waals surface area (Å²) in [6.45, 7) is 7.28. The molecule has 0 amide bonds. The zero-order valence-electron chi connectivity index (χ0n) is 27.8. The minimum Gasteiger partial charge on any atom is -0.472 e. The quantitative estimate of drug-likeness (QED) is 0.162. The van der Waals surface area contributed by atoms with E-state index in [1.807, 2.05) is 42.5 Å². The second kappa shape index (κ2) is 12.3. The van der Waals surface area contributed by atoms with Crippen LogP contribution in [0.2, 0.25) is 0 Å². The summed E-state index contributed by atoms with van der Waals surface area (Å²) < 4.78 is 71.2. The number of morpholine rings is 1. The van der Waals surface area contributed by atoms with Crippen molar-refractivity contribution in [3.05, 3.63) is 135 Å². The molecule has 0 saturated carbocycles. The minimum atomic E-state index is -4.55. The number of nitrogens with zero attached hydrogens (tertiary/aromatic N) is 1. The average Bonchev–Trinajstić information content (AvgIpc) is 3.38. The van der Waals surface area contributed by atoms with E-state index in [2.05, 4.69) is 46.8 Å². The van der Waals surface area contributed by atoms with E-state index in [1.165, 1.54) is 24.3 Å². The molecule has 2 heterocycles. The lowest BCUT2D eigenvalue weighted by atomic mass is 9.73. The lowest BCUT2D eigenvalue weighted by Gasteiger charge is -2.39. The van der Waals surface area contributed by atoms with E-state index >= 15 is 0 Å². The predicted molar refractivity (Wildman–Crippen MR) is 194 cm³/mol. The molecule has 1 fully saturated rings. The molecule has 256 valence electrons. The summed E-state index contributed by atoms with van der Waals surface area (Å²) >= 11 is 3.66. The molecule has 3 aliphatic rings. The first-order chi connectivity index (χ1) is 24.0. The van der Waals surface area contributed by atoms with Gasteiger partial charge in [-0.15, -0.1) is 0 Å². The van der Waals surface area contributed by atoms with Crippen LogP contribution in [0.1, 0.15) is 66.5 Å². The van der Waals surface area contributed by atoms with Gasteiger partial charge in [0.25, 0.3) is 0 Å². The van der Waals surface area contributed by atoms with Gasteiger partial charge in [-0.05, 0) is 88.7 Å². The summed E-state index contributed by atoms with van der Waals surface area (Å²) in [6.07, 6.45) is 2.31. The first kappa shape index (κ1) is 33.0. The number of hydrogen-bond donors (Lipinski definition) is 0. The van der Waals surface area contributed by atoms with Gasteiger partial charge in [-0.2, -0.15) is 13.2 Å². The van der Waals surface area contributed by atoms with E-state index in [0.717, 1.165) is 75.9 Å². The number of fused-ring (bicyclic) bond motifs is 8. The van der Waals surface area contributed by atoms with Crippen molar-refractivity contribution >= 4 is 38.5 Å². The maximum Gasteiger partial charge on any atom is 0.416 e. The van der Waals surface area contributed by atoms with Gasteiger partial charge in [-0.25, -0.2) is 4.39 Å². The van der Waals surface area contributed by atoms with Crippen molar-refractivity contribution in [1.82, 2.24) is 0 Å². The Hall–Kier alpha value is -4.14. The van der Waals surface area contributed by atoms with E-state index in [4.69, 9.17) is 9.47 Å². The van der Waals surface area contributed by atoms with Crippen LogP contribution in [0.5, 0.6) is 5.75 Å². The Morgan fingerprint density at radius 1 is 0.860 bits per heavy atom. The molecule has 2 unspecified atom stereocenters. The third-order valence-electron chi connectivity index (χ3n) is 10.7. The number of unbranched alkanes of at least 4 members (excludes halogenated alkanes) is 1. The molecular weight excluding hydrogens is 706 g/mol. The summed E-state index contributed by atoms with van der Waals surface area (Å²) in [5.41, 5.74) is 5.05. The number of hydrogen-bond acceptors (Lipinski definition) is 3. The molecule has 2 aliphatic heterocycles.